The van der Waals surface area contributed by atoms with Crippen LogP contribution >= 0.6 is 0 Å². The SMILES string of the molecule is CN(C)CCCCNC(=O)[C@H](Cc1ccc(F)cc1)NC(=O)C1CCCCN1S(=O)(=O)c1cccc(F)c1. The van der Waals surface area contributed by atoms with Crippen LogP contribution in [-0.2, 0) is 26.0 Å². The molecule has 0 aliphatic carbocycles. The van der Waals surface area contributed by atoms with Gasteiger partial charge in [0.25, 0.3) is 0 Å². The highest BCUT2D eigenvalue weighted by Gasteiger charge is 2.39. The number of carbonyl (C=O) groups excluding carboxylic acids is 2. The summed E-state index contributed by atoms with van der Waals surface area (Å²) < 4.78 is 54.9. The maximum absolute atomic E-state index is 13.8. The molecule has 208 valence electrons. The number of carbonyl (C=O) groups is 2. The standard InChI is InChI=1S/C27H36F2N4O4S/c1-32(2)16-6-4-15-30-26(34)24(18-20-11-13-21(28)14-12-20)31-27(35)25-10-3-5-17-33(25)38(36,37)23-9-7-8-22(29)19-23/h7-9,11-14,19,24-25H,3-6,10,15-18H2,1-2H3,(H,30,34)(H,31,35)/t24-,25?/m0/s1. The summed E-state index contributed by atoms with van der Waals surface area (Å²) in [5, 5.41) is 5.59. The number of sulfonamides is 1. The van der Waals surface area contributed by atoms with Gasteiger partial charge in [-0.05, 0) is 82.2 Å². The molecule has 2 amide bonds. The first-order chi connectivity index (χ1) is 18.1. The molecular weight excluding hydrogens is 514 g/mol. The van der Waals surface area contributed by atoms with Crippen molar-refractivity contribution in [3.8, 4) is 0 Å². The molecule has 0 spiro atoms. The van der Waals surface area contributed by atoms with Crippen molar-refractivity contribution < 1.29 is 26.8 Å². The van der Waals surface area contributed by atoms with Crippen molar-refractivity contribution in [3.05, 3.63) is 65.7 Å². The molecule has 0 bridgehead atoms. The normalized spacial score (nSPS) is 17.2. The van der Waals surface area contributed by atoms with Crippen LogP contribution in [0.4, 0.5) is 8.78 Å². The second-order valence-corrected chi connectivity index (χ2v) is 11.7. The number of nitrogens with one attached hydrogen (secondary N) is 2. The van der Waals surface area contributed by atoms with Crippen molar-refractivity contribution in [2.45, 2.75) is 55.5 Å². The zero-order chi connectivity index (χ0) is 27.7. The van der Waals surface area contributed by atoms with Crippen LogP contribution in [0, 0.1) is 11.6 Å². The number of unbranched alkanes of at least 4 members (excludes halogenated alkanes) is 1. The van der Waals surface area contributed by atoms with Crippen molar-refractivity contribution in [2.24, 2.45) is 0 Å². The van der Waals surface area contributed by atoms with E-state index in [0.717, 1.165) is 35.8 Å². The highest BCUT2D eigenvalue weighted by atomic mass is 32.2. The summed E-state index contributed by atoms with van der Waals surface area (Å²) in [6, 6.07) is 8.30. The van der Waals surface area contributed by atoms with E-state index in [1.807, 2.05) is 19.0 Å². The van der Waals surface area contributed by atoms with E-state index in [1.54, 1.807) is 12.1 Å². The minimum atomic E-state index is -4.14. The topological polar surface area (TPSA) is 98.8 Å². The lowest BCUT2D eigenvalue weighted by molar-refractivity contribution is -0.131. The van der Waals surface area contributed by atoms with Crippen LogP contribution in [0.2, 0.25) is 0 Å². The molecular formula is C27H36F2N4O4S. The largest absolute Gasteiger partial charge is 0.354 e. The summed E-state index contributed by atoms with van der Waals surface area (Å²) in [5.74, 6) is -2.10. The number of benzene rings is 2. The van der Waals surface area contributed by atoms with Gasteiger partial charge >= 0.3 is 0 Å². The molecule has 2 atom stereocenters. The minimum Gasteiger partial charge on any atom is -0.354 e. The molecule has 1 saturated heterocycles. The third kappa shape index (κ3) is 8.31. The highest BCUT2D eigenvalue weighted by molar-refractivity contribution is 7.89. The Balaban J connectivity index is 1.76. The molecule has 1 heterocycles. The first-order valence-electron chi connectivity index (χ1n) is 12.8. The van der Waals surface area contributed by atoms with Crippen LogP contribution in [0.5, 0.6) is 0 Å². The lowest BCUT2D eigenvalue weighted by Gasteiger charge is -2.34. The predicted molar refractivity (Wildman–Crippen MR) is 141 cm³/mol. The molecule has 1 unspecified atom stereocenters. The second-order valence-electron chi connectivity index (χ2n) is 9.78. The molecule has 11 heteroatoms. The van der Waals surface area contributed by atoms with Crippen molar-refractivity contribution in [1.29, 1.82) is 0 Å². The lowest BCUT2D eigenvalue weighted by Crippen LogP contribution is -2.56. The summed E-state index contributed by atoms with van der Waals surface area (Å²) in [6.07, 6.45) is 3.22. The van der Waals surface area contributed by atoms with Crippen LogP contribution in [0.1, 0.15) is 37.7 Å². The van der Waals surface area contributed by atoms with Crippen LogP contribution in [-0.4, -0.2) is 75.3 Å². The van der Waals surface area contributed by atoms with Gasteiger partial charge in [0.15, 0.2) is 0 Å². The molecule has 0 saturated carbocycles. The summed E-state index contributed by atoms with van der Waals surface area (Å²) in [4.78, 5) is 28.3. The van der Waals surface area contributed by atoms with Gasteiger partial charge in [-0.25, -0.2) is 17.2 Å². The third-order valence-corrected chi connectivity index (χ3v) is 8.38. The second kappa shape index (κ2) is 13.8. The zero-order valence-corrected chi connectivity index (χ0v) is 22.6. The number of rotatable bonds is 12. The van der Waals surface area contributed by atoms with E-state index in [9.17, 15) is 26.8 Å². The molecule has 2 aromatic rings. The van der Waals surface area contributed by atoms with E-state index >= 15 is 0 Å². The minimum absolute atomic E-state index is 0.109. The Morgan fingerprint density at radius 1 is 1.05 bits per heavy atom. The molecule has 3 rings (SSSR count). The van der Waals surface area contributed by atoms with Gasteiger partial charge < -0.3 is 15.5 Å². The van der Waals surface area contributed by atoms with Crippen LogP contribution in [0.3, 0.4) is 0 Å². The smallest absolute Gasteiger partial charge is 0.243 e. The fourth-order valence-corrected chi connectivity index (χ4v) is 6.13. The number of nitrogens with zero attached hydrogens (tertiary/aromatic N) is 2. The monoisotopic (exact) mass is 550 g/mol. The lowest BCUT2D eigenvalue weighted by atomic mass is 10.0. The van der Waals surface area contributed by atoms with E-state index in [-0.39, 0.29) is 24.3 Å². The average Bonchev–Trinajstić information content (AvgIpc) is 2.89. The molecule has 2 aromatic carbocycles. The van der Waals surface area contributed by atoms with Gasteiger partial charge in [-0.2, -0.15) is 4.31 Å². The Morgan fingerprint density at radius 3 is 2.47 bits per heavy atom. The van der Waals surface area contributed by atoms with Crippen molar-refractivity contribution in [2.75, 3.05) is 33.7 Å². The molecule has 0 aromatic heterocycles. The van der Waals surface area contributed by atoms with Crippen LogP contribution < -0.4 is 10.6 Å². The first kappa shape index (κ1) is 29.7. The Kier molecular flexibility index (Phi) is 10.7. The molecule has 0 radical (unpaired) electrons. The quantitative estimate of drug-likeness (QED) is 0.396. The van der Waals surface area contributed by atoms with Crippen molar-refractivity contribution in [1.82, 2.24) is 19.8 Å². The van der Waals surface area contributed by atoms with Gasteiger partial charge in [-0.3, -0.25) is 9.59 Å². The fourth-order valence-electron chi connectivity index (χ4n) is 4.44. The Morgan fingerprint density at radius 2 is 1.79 bits per heavy atom. The van der Waals surface area contributed by atoms with E-state index < -0.39 is 45.6 Å². The Bertz CT molecular complexity index is 1190. The summed E-state index contributed by atoms with van der Waals surface area (Å²) >= 11 is 0. The zero-order valence-electron chi connectivity index (χ0n) is 21.8. The molecule has 38 heavy (non-hydrogen) atoms. The van der Waals surface area contributed by atoms with Gasteiger partial charge in [-0.1, -0.05) is 24.6 Å². The van der Waals surface area contributed by atoms with E-state index in [2.05, 4.69) is 10.6 Å². The number of hydrogen-bond donors (Lipinski definition) is 2. The summed E-state index contributed by atoms with van der Waals surface area (Å²) in [6.45, 7) is 1.41. The highest BCUT2D eigenvalue weighted by Crippen LogP contribution is 2.26. The Labute approximate surface area is 223 Å². The number of piperidine rings is 1. The first-order valence-corrected chi connectivity index (χ1v) is 14.3. The third-order valence-electron chi connectivity index (χ3n) is 6.48. The Hall–Kier alpha value is -2.89. The molecule has 1 fully saturated rings. The summed E-state index contributed by atoms with van der Waals surface area (Å²) in [5.41, 5.74) is 0.646. The average molecular weight is 551 g/mol. The molecule has 1 aliphatic rings. The van der Waals surface area contributed by atoms with Crippen molar-refractivity contribution >= 4 is 21.8 Å². The van der Waals surface area contributed by atoms with Crippen molar-refractivity contribution in [3.63, 3.8) is 0 Å². The maximum atomic E-state index is 13.8. The number of halogens is 2. The van der Waals surface area contributed by atoms with E-state index in [1.165, 1.54) is 24.3 Å². The fraction of sp³-hybridized carbons (Fsp3) is 0.481. The molecule has 1 aliphatic heterocycles. The van der Waals surface area contributed by atoms with Gasteiger partial charge in [-0.15, -0.1) is 0 Å². The van der Waals surface area contributed by atoms with E-state index in [0.29, 0.717) is 24.9 Å². The number of hydrogen-bond acceptors (Lipinski definition) is 5. The van der Waals surface area contributed by atoms with Gasteiger partial charge in [0.05, 0.1) is 4.90 Å². The van der Waals surface area contributed by atoms with Crippen LogP contribution in [0.25, 0.3) is 0 Å². The number of amides is 2. The molecule has 8 nitrogen and oxygen atoms in total. The molecule has 2 N–H and O–H groups in total. The van der Waals surface area contributed by atoms with Gasteiger partial charge in [0.2, 0.25) is 21.8 Å². The van der Waals surface area contributed by atoms with Gasteiger partial charge in [0.1, 0.15) is 23.7 Å². The summed E-state index contributed by atoms with van der Waals surface area (Å²) in [7, 11) is -0.203. The van der Waals surface area contributed by atoms with E-state index in [4.69, 9.17) is 0 Å². The predicted octanol–water partition coefficient (Wildman–Crippen LogP) is 2.69. The van der Waals surface area contributed by atoms with Gasteiger partial charge in [0, 0.05) is 19.5 Å². The maximum Gasteiger partial charge on any atom is 0.243 e. The van der Waals surface area contributed by atoms with Crippen LogP contribution in [0.15, 0.2) is 53.4 Å².